The van der Waals surface area contributed by atoms with E-state index in [2.05, 4.69) is 0 Å². The zero-order valence-corrected chi connectivity index (χ0v) is 13.3. The first kappa shape index (κ1) is 16.6. The molecule has 0 saturated heterocycles. The number of nitriles is 3. The summed E-state index contributed by atoms with van der Waals surface area (Å²) in [6, 6.07) is 13.7. The molecule has 7 nitrogen and oxygen atoms in total. The number of rotatable bonds is 3. The molecule has 0 unspecified atom stereocenters. The van der Waals surface area contributed by atoms with Crippen LogP contribution in [0.4, 0.5) is 0 Å². The van der Waals surface area contributed by atoms with Gasteiger partial charge in [0.2, 0.25) is 0 Å². The van der Waals surface area contributed by atoms with Gasteiger partial charge in [0, 0.05) is 17.2 Å². The predicted molar refractivity (Wildman–Crippen MR) is 89.3 cm³/mol. The van der Waals surface area contributed by atoms with Crippen molar-refractivity contribution in [2.75, 3.05) is 0 Å². The Hall–Kier alpha value is -4.28. The summed E-state index contributed by atoms with van der Waals surface area (Å²) in [5.74, 6) is 0.517. The Kier molecular flexibility index (Phi) is 4.26. The SMILES string of the molecule is N#CC(C#N)=C(N)/C(C#N)=C/c1ccc(-c2ccc3c(c2)COC3=O)o1. The minimum Gasteiger partial charge on any atom is -0.457 e. The summed E-state index contributed by atoms with van der Waals surface area (Å²) >= 11 is 0. The van der Waals surface area contributed by atoms with Crippen molar-refractivity contribution in [2.45, 2.75) is 6.61 Å². The lowest BCUT2D eigenvalue weighted by Crippen LogP contribution is -2.03. The van der Waals surface area contributed by atoms with Crippen molar-refractivity contribution in [3.8, 4) is 29.5 Å². The summed E-state index contributed by atoms with van der Waals surface area (Å²) in [5, 5.41) is 26.9. The monoisotopic (exact) mass is 342 g/mol. The van der Waals surface area contributed by atoms with Crippen LogP contribution in [0.2, 0.25) is 0 Å². The third-order valence-electron chi connectivity index (χ3n) is 3.79. The molecule has 0 radical (unpaired) electrons. The molecule has 0 spiro atoms. The molecule has 0 amide bonds. The molecule has 0 saturated carbocycles. The van der Waals surface area contributed by atoms with E-state index in [1.165, 1.54) is 6.08 Å². The van der Waals surface area contributed by atoms with Crippen molar-refractivity contribution >= 4 is 12.0 Å². The number of furan rings is 1. The van der Waals surface area contributed by atoms with Gasteiger partial charge in [0.05, 0.1) is 16.8 Å². The van der Waals surface area contributed by atoms with Gasteiger partial charge in [-0.05, 0) is 24.3 Å². The summed E-state index contributed by atoms with van der Waals surface area (Å²) in [6.07, 6.45) is 1.35. The van der Waals surface area contributed by atoms with E-state index in [9.17, 15) is 10.1 Å². The normalized spacial score (nSPS) is 12.3. The summed E-state index contributed by atoms with van der Waals surface area (Å²) in [7, 11) is 0. The van der Waals surface area contributed by atoms with Crippen LogP contribution in [-0.4, -0.2) is 5.97 Å². The molecule has 1 aromatic carbocycles. The molecule has 1 aliphatic rings. The number of cyclic esters (lactones) is 1. The van der Waals surface area contributed by atoms with Gasteiger partial charge in [0.1, 0.15) is 36.3 Å². The van der Waals surface area contributed by atoms with Crippen molar-refractivity contribution < 1.29 is 13.9 Å². The highest BCUT2D eigenvalue weighted by Crippen LogP contribution is 2.29. The number of hydrogen-bond donors (Lipinski definition) is 1. The highest BCUT2D eigenvalue weighted by atomic mass is 16.5. The molecular weight excluding hydrogens is 332 g/mol. The van der Waals surface area contributed by atoms with Gasteiger partial charge in [-0.3, -0.25) is 0 Å². The van der Waals surface area contributed by atoms with Crippen LogP contribution in [0.5, 0.6) is 0 Å². The molecule has 26 heavy (non-hydrogen) atoms. The highest BCUT2D eigenvalue weighted by Gasteiger charge is 2.21. The lowest BCUT2D eigenvalue weighted by molar-refractivity contribution is 0.0535. The molecule has 1 aromatic heterocycles. The Labute approximate surface area is 148 Å². The number of allylic oxidation sites excluding steroid dienone is 2. The van der Waals surface area contributed by atoms with E-state index in [1.54, 1.807) is 42.5 Å². The maximum absolute atomic E-state index is 11.5. The number of fused-ring (bicyclic) bond motifs is 1. The Morgan fingerprint density at radius 3 is 2.58 bits per heavy atom. The largest absolute Gasteiger partial charge is 0.457 e. The average Bonchev–Trinajstić information content (AvgIpc) is 3.27. The lowest BCUT2D eigenvalue weighted by atomic mass is 10.0. The molecule has 124 valence electrons. The molecule has 2 heterocycles. The number of hydrogen-bond acceptors (Lipinski definition) is 7. The van der Waals surface area contributed by atoms with Crippen molar-refractivity contribution in [2.24, 2.45) is 5.73 Å². The molecular formula is C19H10N4O3. The van der Waals surface area contributed by atoms with E-state index in [0.717, 1.165) is 11.1 Å². The number of nitrogens with zero attached hydrogens (tertiary/aromatic N) is 3. The fourth-order valence-electron chi connectivity index (χ4n) is 2.46. The maximum Gasteiger partial charge on any atom is 0.338 e. The molecule has 0 fully saturated rings. The first-order chi connectivity index (χ1) is 12.6. The van der Waals surface area contributed by atoms with Gasteiger partial charge in [-0.1, -0.05) is 6.07 Å². The van der Waals surface area contributed by atoms with Crippen LogP contribution >= 0.6 is 0 Å². The fourth-order valence-corrected chi connectivity index (χ4v) is 2.46. The second-order valence-corrected chi connectivity index (χ2v) is 5.33. The number of esters is 1. The molecule has 0 atom stereocenters. The van der Waals surface area contributed by atoms with Crippen molar-refractivity contribution in [3.63, 3.8) is 0 Å². The Morgan fingerprint density at radius 1 is 1.12 bits per heavy atom. The van der Waals surface area contributed by atoms with Gasteiger partial charge in [0.15, 0.2) is 5.57 Å². The van der Waals surface area contributed by atoms with Crippen LogP contribution in [0.1, 0.15) is 21.7 Å². The molecule has 2 N–H and O–H groups in total. The molecule has 7 heteroatoms. The maximum atomic E-state index is 11.5. The van der Waals surface area contributed by atoms with Crippen molar-refractivity contribution in [1.29, 1.82) is 15.8 Å². The van der Waals surface area contributed by atoms with E-state index in [-0.39, 0.29) is 29.4 Å². The minimum atomic E-state index is -0.346. The molecule has 3 rings (SSSR count). The standard InChI is InChI=1S/C19H10N4O3/c20-7-12(18(23)14(8-21)9-22)6-15-2-4-17(26-15)11-1-3-16-13(5-11)10-25-19(16)24/h1-6H,10,23H2/b12-6+. The second kappa shape index (κ2) is 6.68. The van der Waals surface area contributed by atoms with Crippen LogP contribution in [0.25, 0.3) is 17.4 Å². The quantitative estimate of drug-likeness (QED) is 0.514. The Bertz CT molecular complexity index is 1090. The summed E-state index contributed by atoms with van der Waals surface area (Å²) in [4.78, 5) is 11.5. The zero-order valence-electron chi connectivity index (χ0n) is 13.3. The zero-order chi connectivity index (χ0) is 18.7. The van der Waals surface area contributed by atoms with Crippen LogP contribution in [0, 0.1) is 34.0 Å². The van der Waals surface area contributed by atoms with E-state index >= 15 is 0 Å². The third kappa shape index (κ3) is 2.91. The highest BCUT2D eigenvalue weighted by molar-refractivity contribution is 5.94. The number of carbonyl (C=O) groups excluding carboxylic acids is 1. The first-order valence-corrected chi connectivity index (χ1v) is 7.39. The average molecular weight is 342 g/mol. The topological polar surface area (TPSA) is 137 Å². The lowest BCUT2D eigenvalue weighted by Gasteiger charge is -2.00. The second-order valence-electron chi connectivity index (χ2n) is 5.33. The van der Waals surface area contributed by atoms with Crippen molar-refractivity contribution in [3.05, 3.63) is 64.1 Å². The van der Waals surface area contributed by atoms with Gasteiger partial charge in [-0.25, -0.2) is 4.79 Å². The number of nitrogens with two attached hydrogens (primary N) is 1. The first-order valence-electron chi connectivity index (χ1n) is 7.39. The minimum absolute atomic E-state index is 0.0445. The summed E-state index contributed by atoms with van der Waals surface area (Å²) in [5.41, 5.74) is 7.16. The molecule has 1 aliphatic heterocycles. The predicted octanol–water partition coefficient (Wildman–Crippen LogP) is 2.78. The molecule has 0 bridgehead atoms. The smallest absolute Gasteiger partial charge is 0.338 e. The summed E-state index contributed by atoms with van der Waals surface area (Å²) in [6.45, 7) is 0.223. The van der Waals surface area contributed by atoms with E-state index in [1.807, 2.05) is 6.07 Å². The number of benzene rings is 1. The van der Waals surface area contributed by atoms with Crippen molar-refractivity contribution in [1.82, 2.24) is 0 Å². The van der Waals surface area contributed by atoms with Gasteiger partial charge in [-0.15, -0.1) is 0 Å². The number of carbonyl (C=O) groups is 1. The Morgan fingerprint density at radius 2 is 1.88 bits per heavy atom. The van der Waals surface area contributed by atoms with Gasteiger partial charge in [-0.2, -0.15) is 15.8 Å². The van der Waals surface area contributed by atoms with Gasteiger partial charge in [0.25, 0.3) is 0 Å². The van der Waals surface area contributed by atoms with Gasteiger partial charge >= 0.3 is 5.97 Å². The molecule has 2 aromatic rings. The van der Waals surface area contributed by atoms with E-state index in [0.29, 0.717) is 17.1 Å². The third-order valence-corrected chi connectivity index (χ3v) is 3.79. The van der Waals surface area contributed by atoms with Crippen LogP contribution in [-0.2, 0) is 11.3 Å². The van der Waals surface area contributed by atoms with E-state index in [4.69, 9.17) is 25.4 Å². The Balaban J connectivity index is 1.95. The van der Waals surface area contributed by atoms with Gasteiger partial charge < -0.3 is 14.9 Å². The van der Waals surface area contributed by atoms with Crippen LogP contribution in [0.3, 0.4) is 0 Å². The van der Waals surface area contributed by atoms with Crippen LogP contribution < -0.4 is 5.73 Å². The summed E-state index contributed by atoms with van der Waals surface area (Å²) < 4.78 is 10.7. The number of ether oxygens (including phenoxy) is 1. The van der Waals surface area contributed by atoms with Crippen LogP contribution in [0.15, 0.2) is 51.6 Å². The fraction of sp³-hybridized carbons (Fsp3) is 0.0526. The molecule has 0 aliphatic carbocycles. The van der Waals surface area contributed by atoms with E-state index < -0.39 is 0 Å².